The highest BCUT2D eigenvalue weighted by atomic mass is 32.1. The Morgan fingerprint density at radius 1 is 0.812 bits per heavy atom. The Bertz CT molecular complexity index is 460. The summed E-state index contributed by atoms with van der Waals surface area (Å²) in [4.78, 5) is 0. The second-order valence-corrected chi connectivity index (χ2v) is 4.23. The molecule has 2 aromatic rings. The first-order valence-electron chi connectivity index (χ1n) is 5.02. The molecule has 0 heterocycles. The van der Waals surface area contributed by atoms with Crippen molar-refractivity contribution in [3.8, 4) is 6.07 Å². The second-order valence-electron chi connectivity index (χ2n) is 3.55. The predicted molar refractivity (Wildman–Crippen MR) is 68.3 cm³/mol. The maximum atomic E-state index is 9.37. The third-order valence-electron chi connectivity index (χ3n) is 2.54. The van der Waals surface area contributed by atoms with Crippen LogP contribution in [0.2, 0.25) is 0 Å². The fourth-order valence-corrected chi connectivity index (χ4v) is 1.95. The molecule has 0 radical (unpaired) electrons. The Labute approximate surface area is 101 Å². The summed E-state index contributed by atoms with van der Waals surface area (Å²) in [7, 11) is 0. The molecule has 0 fully saturated rings. The fraction of sp³-hybridized carbons (Fsp3) is 0.0714. The summed E-state index contributed by atoms with van der Waals surface area (Å²) < 4.78 is -0.872. The molecule has 0 saturated carbocycles. The minimum Gasteiger partial charge on any atom is -0.196 e. The molecule has 1 nitrogen and oxygen atoms in total. The molecule has 0 amide bonds. The summed E-state index contributed by atoms with van der Waals surface area (Å²) in [5.41, 5.74) is 1.79. The zero-order valence-corrected chi connectivity index (χ0v) is 9.56. The van der Waals surface area contributed by atoms with Gasteiger partial charge >= 0.3 is 0 Å². The maximum absolute atomic E-state index is 9.37. The van der Waals surface area contributed by atoms with Crippen molar-refractivity contribution >= 4 is 12.6 Å². The van der Waals surface area contributed by atoms with Crippen LogP contribution in [0.5, 0.6) is 0 Å². The van der Waals surface area contributed by atoms with E-state index in [2.05, 4.69) is 18.7 Å². The van der Waals surface area contributed by atoms with E-state index in [1.807, 2.05) is 60.7 Å². The largest absolute Gasteiger partial charge is 0.196 e. The van der Waals surface area contributed by atoms with Gasteiger partial charge in [0.1, 0.15) is 4.75 Å². The molecule has 0 aliphatic rings. The van der Waals surface area contributed by atoms with E-state index in [4.69, 9.17) is 0 Å². The average Bonchev–Trinajstić information content (AvgIpc) is 2.40. The number of benzene rings is 2. The van der Waals surface area contributed by atoms with Crippen molar-refractivity contribution in [1.29, 1.82) is 5.26 Å². The van der Waals surface area contributed by atoms with E-state index in [1.165, 1.54) is 0 Å². The third-order valence-corrected chi connectivity index (χ3v) is 3.16. The van der Waals surface area contributed by atoms with E-state index in [1.54, 1.807) is 0 Å². The van der Waals surface area contributed by atoms with Gasteiger partial charge in [0, 0.05) is 0 Å². The van der Waals surface area contributed by atoms with Crippen LogP contribution in [0.15, 0.2) is 60.7 Å². The van der Waals surface area contributed by atoms with Gasteiger partial charge in [-0.25, -0.2) is 0 Å². The zero-order chi connectivity index (χ0) is 11.4. The fourth-order valence-electron chi connectivity index (χ4n) is 1.65. The molecule has 0 aliphatic carbocycles. The number of nitrogens with zero attached hydrogens (tertiary/aromatic N) is 1. The van der Waals surface area contributed by atoms with Gasteiger partial charge in [0.2, 0.25) is 0 Å². The molecule has 16 heavy (non-hydrogen) atoms. The molecule has 0 aromatic heterocycles. The SMILES string of the molecule is N#CC(S)(c1ccccc1)c1ccccc1. The number of rotatable bonds is 2. The van der Waals surface area contributed by atoms with Crippen LogP contribution in [0.25, 0.3) is 0 Å². The summed E-state index contributed by atoms with van der Waals surface area (Å²) in [5.74, 6) is 0. The molecule has 0 saturated heterocycles. The molecule has 78 valence electrons. The molecule has 0 aliphatic heterocycles. The molecule has 0 atom stereocenters. The van der Waals surface area contributed by atoms with Crippen LogP contribution in [-0.2, 0) is 4.75 Å². The van der Waals surface area contributed by atoms with E-state index < -0.39 is 4.75 Å². The van der Waals surface area contributed by atoms with Crippen LogP contribution in [0, 0.1) is 11.3 Å². The lowest BCUT2D eigenvalue weighted by Crippen LogP contribution is -2.17. The summed E-state index contributed by atoms with van der Waals surface area (Å²) in [6.45, 7) is 0. The van der Waals surface area contributed by atoms with E-state index in [0.29, 0.717) is 0 Å². The molecular weight excluding hydrogens is 214 g/mol. The highest BCUT2D eigenvalue weighted by molar-refractivity contribution is 7.81. The van der Waals surface area contributed by atoms with E-state index in [9.17, 15) is 5.26 Å². The zero-order valence-electron chi connectivity index (χ0n) is 8.67. The number of hydrogen-bond donors (Lipinski definition) is 1. The first kappa shape index (κ1) is 10.8. The van der Waals surface area contributed by atoms with Crippen molar-refractivity contribution in [2.24, 2.45) is 0 Å². The minimum absolute atomic E-state index is 0.872. The van der Waals surface area contributed by atoms with E-state index in [0.717, 1.165) is 11.1 Å². The number of nitriles is 1. The Morgan fingerprint density at radius 2 is 1.19 bits per heavy atom. The first-order valence-corrected chi connectivity index (χ1v) is 5.47. The van der Waals surface area contributed by atoms with Gasteiger partial charge in [0.05, 0.1) is 6.07 Å². The van der Waals surface area contributed by atoms with Gasteiger partial charge in [-0.2, -0.15) is 5.26 Å². The van der Waals surface area contributed by atoms with Gasteiger partial charge in [-0.15, -0.1) is 12.6 Å². The van der Waals surface area contributed by atoms with Gasteiger partial charge in [-0.05, 0) is 11.1 Å². The smallest absolute Gasteiger partial charge is 0.150 e. The summed E-state index contributed by atoms with van der Waals surface area (Å²) in [5, 5.41) is 9.37. The summed E-state index contributed by atoms with van der Waals surface area (Å²) in [6.07, 6.45) is 0. The highest BCUT2D eigenvalue weighted by Crippen LogP contribution is 2.35. The van der Waals surface area contributed by atoms with Crippen LogP contribution < -0.4 is 0 Å². The molecule has 2 aromatic carbocycles. The molecular formula is C14H11NS. The average molecular weight is 225 g/mol. The summed E-state index contributed by atoms with van der Waals surface area (Å²) >= 11 is 4.54. The van der Waals surface area contributed by atoms with Crippen LogP contribution in [-0.4, -0.2) is 0 Å². The van der Waals surface area contributed by atoms with Crippen LogP contribution >= 0.6 is 12.6 Å². The molecule has 0 unspecified atom stereocenters. The van der Waals surface area contributed by atoms with Crippen molar-refractivity contribution in [3.63, 3.8) is 0 Å². The lowest BCUT2D eigenvalue weighted by Gasteiger charge is -2.21. The molecule has 2 rings (SSSR count). The topological polar surface area (TPSA) is 23.8 Å². The minimum atomic E-state index is -0.872. The standard InChI is InChI=1S/C14H11NS/c15-11-14(16,12-7-3-1-4-8-12)13-9-5-2-6-10-13/h1-10,16H. The lowest BCUT2D eigenvalue weighted by molar-refractivity contribution is 0.964. The predicted octanol–water partition coefficient (Wildman–Crippen LogP) is 3.38. The second kappa shape index (κ2) is 4.42. The van der Waals surface area contributed by atoms with Crippen molar-refractivity contribution < 1.29 is 0 Å². The van der Waals surface area contributed by atoms with Crippen LogP contribution in [0.3, 0.4) is 0 Å². The Hall–Kier alpha value is -1.72. The van der Waals surface area contributed by atoms with Gasteiger partial charge in [-0.3, -0.25) is 0 Å². The van der Waals surface area contributed by atoms with Crippen molar-refractivity contribution in [3.05, 3.63) is 71.8 Å². The monoisotopic (exact) mass is 225 g/mol. The van der Waals surface area contributed by atoms with Gasteiger partial charge < -0.3 is 0 Å². The van der Waals surface area contributed by atoms with Gasteiger partial charge in [0.15, 0.2) is 0 Å². The number of hydrogen-bond acceptors (Lipinski definition) is 2. The molecule has 0 bridgehead atoms. The summed E-state index contributed by atoms with van der Waals surface area (Å²) in [6, 6.07) is 21.5. The Morgan fingerprint density at radius 3 is 1.50 bits per heavy atom. The van der Waals surface area contributed by atoms with Crippen LogP contribution in [0.1, 0.15) is 11.1 Å². The van der Waals surface area contributed by atoms with Gasteiger partial charge in [0.25, 0.3) is 0 Å². The van der Waals surface area contributed by atoms with Crippen molar-refractivity contribution in [1.82, 2.24) is 0 Å². The van der Waals surface area contributed by atoms with E-state index >= 15 is 0 Å². The highest BCUT2D eigenvalue weighted by Gasteiger charge is 2.29. The molecule has 0 N–H and O–H groups in total. The first-order chi connectivity index (χ1) is 7.77. The Kier molecular flexibility index (Phi) is 2.98. The van der Waals surface area contributed by atoms with Gasteiger partial charge in [-0.1, -0.05) is 60.7 Å². The molecule has 2 heteroatoms. The van der Waals surface area contributed by atoms with Crippen LogP contribution in [0.4, 0.5) is 0 Å². The van der Waals surface area contributed by atoms with Crippen molar-refractivity contribution in [2.45, 2.75) is 4.75 Å². The lowest BCUT2D eigenvalue weighted by atomic mass is 9.91. The van der Waals surface area contributed by atoms with Crippen molar-refractivity contribution in [2.75, 3.05) is 0 Å². The maximum Gasteiger partial charge on any atom is 0.150 e. The molecule has 0 spiro atoms. The quantitative estimate of drug-likeness (QED) is 0.778. The van der Waals surface area contributed by atoms with E-state index in [-0.39, 0.29) is 0 Å². The number of thiol groups is 1. The normalized spacial score (nSPS) is 10.8. The third kappa shape index (κ3) is 1.82. The Balaban J connectivity index is 2.55.